The number of sulfonamides is 1. The first-order chi connectivity index (χ1) is 23.3. The molecule has 9 nitrogen and oxygen atoms in total. The molecule has 3 aromatic carbocycles. The third-order valence-corrected chi connectivity index (χ3v) is 12.9. The Morgan fingerprint density at radius 1 is 0.979 bits per heavy atom. The summed E-state index contributed by atoms with van der Waals surface area (Å²) >= 11 is 3.21. The van der Waals surface area contributed by atoms with Crippen LogP contribution in [0.2, 0.25) is 0 Å². The first-order valence-electron chi connectivity index (χ1n) is 16.1. The molecule has 4 heterocycles. The normalized spacial score (nSPS) is 17.2. The standard InChI is InChI=1S/C36H36N4O5S3/c1-2-45-36(42)26-11-8-19-40(22-26)48(43,44)27-16-14-25(15-17-27)33(41)38-35-32(34-37-29-12-6-7-13-30(29)46-34)28-18-20-39(23-31(28)47-35)21-24-9-4-3-5-10-24/h3-7,9-10,12-17,26H,2,8,11,18-23H2,1H3,(H,38,41). The van der Waals surface area contributed by atoms with Gasteiger partial charge in [0.2, 0.25) is 10.0 Å². The third kappa shape index (κ3) is 6.68. The minimum absolute atomic E-state index is 0.0869. The monoisotopic (exact) mass is 700 g/mol. The van der Waals surface area contributed by atoms with Crippen molar-refractivity contribution in [3.05, 3.63) is 100 Å². The molecule has 1 unspecified atom stereocenters. The molecule has 1 amide bonds. The van der Waals surface area contributed by atoms with Gasteiger partial charge >= 0.3 is 5.97 Å². The lowest BCUT2D eigenvalue weighted by Gasteiger charge is -2.30. The number of thiazole rings is 1. The van der Waals surface area contributed by atoms with Gasteiger partial charge in [-0.2, -0.15) is 4.31 Å². The predicted molar refractivity (Wildman–Crippen MR) is 190 cm³/mol. The van der Waals surface area contributed by atoms with Crippen LogP contribution in [0.4, 0.5) is 5.00 Å². The number of hydrogen-bond acceptors (Lipinski definition) is 9. The van der Waals surface area contributed by atoms with Gasteiger partial charge < -0.3 is 10.1 Å². The number of aromatic nitrogens is 1. The van der Waals surface area contributed by atoms with Crippen LogP contribution in [-0.2, 0) is 39.1 Å². The number of benzene rings is 3. The van der Waals surface area contributed by atoms with Crippen LogP contribution >= 0.6 is 22.7 Å². The van der Waals surface area contributed by atoms with Crippen molar-refractivity contribution in [1.29, 1.82) is 0 Å². The van der Waals surface area contributed by atoms with Gasteiger partial charge in [0, 0.05) is 48.7 Å². The van der Waals surface area contributed by atoms with E-state index in [1.165, 1.54) is 32.4 Å². The summed E-state index contributed by atoms with van der Waals surface area (Å²) in [6.07, 6.45) is 2.02. The zero-order valence-electron chi connectivity index (χ0n) is 26.6. The molecule has 0 bridgehead atoms. The van der Waals surface area contributed by atoms with Gasteiger partial charge in [0.05, 0.1) is 27.6 Å². The lowest BCUT2D eigenvalue weighted by atomic mass is 10.0. The number of para-hydroxylation sites is 1. The molecule has 2 aliphatic rings. The van der Waals surface area contributed by atoms with E-state index in [0.29, 0.717) is 24.9 Å². The highest BCUT2D eigenvalue weighted by Gasteiger charge is 2.34. The molecule has 0 aliphatic carbocycles. The predicted octanol–water partition coefficient (Wildman–Crippen LogP) is 6.80. The topological polar surface area (TPSA) is 109 Å². The number of esters is 1. The second-order valence-electron chi connectivity index (χ2n) is 12.1. The minimum Gasteiger partial charge on any atom is -0.466 e. The summed E-state index contributed by atoms with van der Waals surface area (Å²) in [5.74, 6) is -1.17. The van der Waals surface area contributed by atoms with Gasteiger partial charge in [0.25, 0.3) is 5.91 Å². The van der Waals surface area contributed by atoms with Crippen molar-refractivity contribution in [2.75, 3.05) is 31.6 Å². The van der Waals surface area contributed by atoms with Gasteiger partial charge in [-0.1, -0.05) is 42.5 Å². The van der Waals surface area contributed by atoms with Crippen LogP contribution in [0.3, 0.4) is 0 Å². The highest BCUT2D eigenvalue weighted by atomic mass is 32.2. The Kier molecular flexibility index (Phi) is 9.43. The van der Waals surface area contributed by atoms with Gasteiger partial charge in [-0.3, -0.25) is 14.5 Å². The fraction of sp³-hybridized carbons (Fsp3) is 0.306. The van der Waals surface area contributed by atoms with Crippen LogP contribution in [0.15, 0.2) is 83.8 Å². The summed E-state index contributed by atoms with van der Waals surface area (Å²) in [6.45, 7) is 4.95. The Morgan fingerprint density at radius 3 is 2.52 bits per heavy atom. The number of nitrogens with zero attached hydrogens (tertiary/aromatic N) is 3. The first-order valence-corrected chi connectivity index (χ1v) is 19.2. The molecule has 1 fully saturated rings. The number of amides is 1. The SMILES string of the molecule is CCOC(=O)C1CCCN(S(=O)(=O)c2ccc(C(=O)Nc3sc4c(c3-c3nc5ccccc5s3)CCN(Cc3ccccc3)C4)cc2)C1. The quantitative estimate of drug-likeness (QED) is 0.169. The summed E-state index contributed by atoms with van der Waals surface area (Å²) in [5, 5.41) is 4.79. The average molecular weight is 701 g/mol. The fourth-order valence-electron chi connectivity index (χ4n) is 6.44. The van der Waals surface area contributed by atoms with Crippen LogP contribution in [0.1, 0.15) is 46.1 Å². The number of nitrogens with one attached hydrogen (secondary N) is 1. The maximum Gasteiger partial charge on any atom is 0.310 e. The Balaban J connectivity index is 1.13. The summed E-state index contributed by atoms with van der Waals surface area (Å²) < 4.78 is 34.5. The van der Waals surface area contributed by atoms with E-state index in [4.69, 9.17) is 9.72 Å². The van der Waals surface area contributed by atoms with Crippen molar-refractivity contribution < 1.29 is 22.7 Å². The molecule has 12 heteroatoms. The fourth-order valence-corrected chi connectivity index (χ4v) is 10.4. The number of fused-ring (bicyclic) bond motifs is 2. The van der Waals surface area contributed by atoms with E-state index in [1.807, 2.05) is 24.3 Å². The molecule has 1 N–H and O–H groups in total. The summed E-state index contributed by atoms with van der Waals surface area (Å²) in [4.78, 5) is 34.7. The van der Waals surface area contributed by atoms with Crippen LogP contribution in [0.5, 0.6) is 0 Å². The zero-order valence-corrected chi connectivity index (χ0v) is 29.0. The Hall–Kier alpha value is -3.94. The average Bonchev–Trinajstić information content (AvgIpc) is 3.69. The van der Waals surface area contributed by atoms with Gasteiger partial charge in [0.15, 0.2) is 0 Å². The molecule has 248 valence electrons. The van der Waals surface area contributed by atoms with Crippen molar-refractivity contribution in [1.82, 2.24) is 14.2 Å². The maximum absolute atomic E-state index is 13.7. The van der Waals surface area contributed by atoms with Crippen molar-refractivity contribution in [3.63, 3.8) is 0 Å². The maximum atomic E-state index is 13.7. The van der Waals surface area contributed by atoms with E-state index < -0.39 is 15.9 Å². The lowest BCUT2D eigenvalue weighted by Crippen LogP contribution is -2.42. The first kappa shape index (κ1) is 32.6. The molecule has 1 saturated heterocycles. The van der Waals surface area contributed by atoms with E-state index in [-0.39, 0.29) is 29.9 Å². The molecule has 5 aromatic rings. The van der Waals surface area contributed by atoms with Crippen molar-refractivity contribution >= 4 is 59.8 Å². The molecule has 1 atom stereocenters. The number of rotatable bonds is 9. The van der Waals surface area contributed by atoms with E-state index in [9.17, 15) is 18.0 Å². The summed E-state index contributed by atoms with van der Waals surface area (Å²) in [7, 11) is -3.85. The largest absolute Gasteiger partial charge is 0.466 e. The zero-order chi connectivity index (χ0) is 33.3. The number of thiophene rings is 1. The number of piperidine rings is 1. The number of hydrogen-bond donors (Lipinski definition) is 1. The Labute approximate surface area is 288 Å². The number of ether oxygens (including phenoxy) is 1. The summed E-state index contributed by atoms with van der Waals surface area (Å²) in [6, 6.07) is 24.5. The van der Waals surface area contributed by atoms with Crippen LogP contribution in [0.25, 0.3) is 20.8 Å². The van der Waals surface area contributed by atoms with E-state index in [0.717, 1.165) is 51.8 Å². The highest BCUT2D eigenvalue weighted by molar-refractivity contribution is 7.89. The summed E-state index contributed by atoms with van der Waals surface area (Å²) in [5.41, 5.74) is 4.74. The molecule has 48 heavy (non-hydrogen) atoms. The van der Waals surface area contributed by atoms with E-state index in [2.05, 4.69) is 40.5 Å². The van der Waals surface area contributed by atoms with E-state index in [1.54, 1.807) is 41.7 Å². The second kappa shape index (κ2) is 13.9. The molecular formula is C36H36N4O5S3. The van der Waals surface area contributed by atoms with Gasteiger partial charge in [0.1, 0.15) is 10.0 Å². The van der Waals surface area contributed by atoms with Gasteiger partial charge in [-0.05, 0) is 73.7 Å². The minimum atomic E-state index is -3.85. The molecular weight excluding hydrogens is 665 g/mol. The van der Waals surface area contributed by atoms with Crippen LogP contribution in [0, 0.1) is 5.92 Å². The molecule has 2 aromatic heterocycles. The second-order valence-corrected chi connectivity index (χ2v) is 16.1. The number of anilines is 1. The van der Waals surface area contributed by atoms with Crippen molar-refractivity contribution in [2.45, 2.75) is 44.2 Å². The molecule has 7 rings (SSSR count). The van der Waals surface area contributed by atoms with Crippen molar-refractivity contribution in [2.24, 2.45) is 5.92 Å². The van der Waals surface area contributed by atoms with Gasteiger partial charge in [-0.15, -0.1) is 22.7 Å². The Bertz CT molecular complexity index is 2030. The molecule has 2 aliphatic heterocycles. The Morgan fingerprint density at radius 2 is 1.75 bits per heavy atom. The smallest absolute Gasteiger partial charge is 0.310 e. The lowest BCUT2D eigenvalue weighted by molar-refractivity contribution is -0.149. The van der Waals surface area contributed by atoms with Crippen LogP contribution < -0.4 is 5.32 Å². The number of carbonyl (C=O) groups excluding carboxylic acids is 2. The molecule has 0 saturated carbocycles. The highest BCUT2D eigenvalue weighted by Crippen LogP contribution is 2.46. The number of carbonyl (C=O) groups is 2. The van der Waals surface area contributed by atoms with E-state index >= 15 is 0 Å². The van der Waals surface area contributed by atoms with Gasteiger partial charge in [-0.25, -0.2) is 13.4 Å². The van der Waals surface area contributed by atoms with Crippen molar-refractivity contribution in [3.8, 4) is 10.6 Å². The molecule has 0 spiro atoms. The molecule has 0 radical (unpaired) electrons. The third-order valence-electron chi connectivity index (χ3n) is 8.88. The van der Waals surface area contributed by atoms with Crippen LogP contribution in [-0.4, -0.2) is 60.7 Å².